The molecule has 41 heavy (non-hydrogen) atoms. The number of piperazine rings is 1. The second-order valence-corrected chi connectivity index (χ2v) is 11.2. The first-order chi connectivity index (χ1) is 19.6. The van der Waals surface area contributed by atoms with Crippen molar-refractivity contribution in [3.05, 3.63) is 101 Å². The standard InChI is InChI=1S/C33H40F2N4O2/c1-23(2)29-6-5-7-30(24(3)4)31(29)36-33(41)38-19-16-37(17-20-38)18-21-39(22-25-8-12-27(34)13-9-25)32(40)26-10-14-28(35)15-11-26/h5-15,23-24H,16-22H2,1-4H3,(H,36,41). The number of halogens is 2. The van der Waals surface area contributed by atoms with E-state index in [1.165, 1.54) is 36.4 Å². The molecule has 3 aromatic rings. The van der Waals surface area contributed by atoms with Crippen LogP contribution in [-0.2, 0) is 6.54 Å². The molecular weight excluding hydrogens is 522 g/mol. The van der Waals surface area contributed by atoms with Crippen LogP contribution < -0.4 is 5.32 Å². The van der Waals surface area contributed by atoms with Crippen LogP contribution in [0, 0.1) is 11.6 Å². The van der Waals surface area contributed by atoms with Crippen molar-refractivity contribution in [3.63, 3.8) is 0 Å². The van der Waals surface area contributed by atoms with E-state index >= 15 is 0 Å². The molecule has 1 fully saturated rings. The number of hydrogen-bond acceptors (Lipinski definition) is 3. The molecule has 0 radical (unpaired) electrons. The third-order valence-electron chi connectivity index (χ3n) is 7.62. The van der Waals surface area contributed by atoms with Crippen LogP contribution in [0.2, 0.25) is 0 Å². The molecule has 1 heterocycles. The second kappa shape index (κ2) is 13.7. The highest BCUT2D eigenvalue weighted by Crippen LogP contribution is 2.32. The Balaban J connectivity index is 1.37. The molecule has 0 aromatic heterocycles. The Morgan fingerprint density at radius 3 is 1.88 bits per heavy atom. The Hall–Kier alpha value is -3.78. The number of para-hydroxylation sites is 1. The summed E-state index contributed by atoms with van der Waals surface area (Å²) in [7, 11) is 0. The Bertz CT molecular complexity index is 1290. The van der Waals surface area contributed by atoms with E-state index in [-0.39, 0.29) is 29.6 Å². The lowest BCUT2D eigenvalue weighted by atomic mass is 9.93. The number of anilines is 1. The van der Waals surface area contributed by atoms with Gasteiger partial charge in [-0.25, -0.2) is 13.6 Å². The topological polar surface area (TPSA) is 55.9 Å². The van der Waals surface area contributed by atoms with Crippen molar-refractivity contribution < 1.29 is 18.4 Å². The minimum absolute atomic E-state index is 0.0935. The number of carbonyl (C=O) groups is 2. The minimum Gasteiger partial charge on any atom is -0.333 e. The highest BCUT2D eigenvalue weighted by molar-refractivity contribution is 5.94. The van der Waals surface area contributed by atoms with E-state index < -0.39 is 5.82 Å². The Labute approximate surface area is 241 Å². The monoisotopic (exact) mass is 562 g/mol. The lowest BCUT2D eigenvalue weighted by Crippen LogP contribution is -2.51. The number of hydrogen-bond donors (Lipinski definition) is 1. The Kier molecular flexibility index (Phi) is 10.1. The van der Waals surface area contributed by atoms with Crippen LogP contribution >= 0.6 is 0 Å². The van der Waals surface area contributed by atoms with Crippen LogP contribution in [0.15, 0.2) is 66.7 Å². The summed E-state index contributed by atoms with van der Waals surface area (Å²) in [5, 5.41) is 3.21. The smallest absolute Gasteiger partial charge is 0.321 e. The molecule has 1 aliphatic rings. The van der Waals surface area contributed by atoms with Gasteiger partial charge in [0.25, 0.3) is 5.91 Å². The molecule has 1 aliphatic heterocycles. The second-order valence-electron chi connectivity index (χ2n) is 11.2. The van der Waals surface area contributed by atoms with Gasteiger partial charge < -0.3 is 15.1 Å². The van der Waals surface area contributed by atoms with Crippen molar-refractivity contribution in [1.82, 2.24) is 14.7 Å². The van der Waals surface area contributed by atoms with Crippen molar-refractivity contribution in [1.29, 1.82) is 0 Å². The lowest BCUT2D eigenvalue weighted by molar-refractivity contribution is 0.0704. The molecule has 4 rings (SSSR count). The first kappa shape index (κ1) is 30.2. The van der Waals surface area contributed by atoms with Gasteiger partial charge in [0, 0.05) is 57.1 Å². The van der Waals surface area contributed by atoms with Crippen LogP contribution in [0.3, 0.4) is 0 Å². The van der Waals surface area contributed by atoms with Gasteiger partial charge >= 0.3 is 6.03 Å². The van der Waals surface area contributed by atoms with Crippen molar-refractivity contribution in [3.8, 4) is 0 Å². The quantitative estimate of drug-likeness (QED) is 0.316. The van der Waals surface area contributed by atoms with Gasteiger partial charge in [0.2, 0.25) is 0 Å². The van der Waals surface area contributed by atoms with Gasteiger partial charge in [-0.05, 0) is 64.9 Å². The van der Waals surface area contributed by atoms with Crippen molar-refractivity contribution in [2.75, 3.05) is 44.6 Å². The molecule has 0 spiro atoms. The van der Waals surface area contributed by atoms with E-state index in [1.54, 1.807) is 17.0 Å². The van der Waals surface area contributed by atoms with E-state index in [1.807, 2.05) is 4.90 Å². The van der Waals surface area contributed by atoms with Gasteiger partial charge in [-0.15, -0.1) is 0 Å². The normalized spacial score (nSPS) is 14.0. The SMILES string of the molecule is CC(C)c1cccc(C(C)C)c1NC(=O)N1CCN(CCN(Cc2ccc(F)cc2)C(=O)c2ccc(F)cc2)CC1. The van der Waals surface area contributed by atoms with E-state index in [0.29, 0.717) is 51.4 Å². The summed E-state index contributed by atoms with van der Waals surface area (Å²) in [5.74, 6) is -0.369. The fraction of sp³-hybridized carbons (Fsp3) is 0.394. The van der Waals surface area contributed by atoms with Crippen LogP contribution in [-0.4, -0.2) is 65.9 Å². The predicted octanol–water partition coefficient (Wildman–Crippen LogP) is 6.70. The highest BCUT2D eigenvalue weighted by Gasteiger charge is 2.25. The van der Waals surface area contributed by atoms with Crippen LogP contribution in [0.4, 0.5) is 19.3 Å². The van der Waals surface area contributed by atoms with E-state index in [4.69, 9.17) is 0 Å². The number of carbonyl (C=O) groups excluding carboxylic acids is 2. The molecule has 0 unspecified atom stereocenters. The van der Waals surface area contributed by atoms with Gasteiger partial charge in [0.1, 0.15) is 11.6 Å². The molecule has 0 aliphatic carbocycles. The average Bonchev–Trinajstić information content (AvgIpc) is 2.96. The first-order valence-corrected chi connectivity index (χ1v) is 14.3. The summed E-state index contributed by atoms with van der Waals surface area (Å²) >= 11 is 0. The molecule has 3 amide bonds. The molecule has 8 heteroatoms. The van der Waals surface area contributed by atoms with Gasteiger partial charge in [-0.1, -0.05) is 58.0 Å². The highest BCUT2D eigenvalue weighted by atomic mass is 19.1. The molecule has 3 aromatic carbocycles. The summed E-state index contributed by atoms with van der Waals surface area (Å²) in [6.07, 6.45) is 0. The zero-order valence-electron chi connectivity index (χ0n) is 24.4. The molecule has 0 atom stereocenters. The average molecular weight is 563 g/mol. The molecule has 6 nitrogen and oxygen atoms in total. The molecular formula is C33H40F2N4O2. The number of benzene rings is 3. The maximum atomic E-state index is 13.4. The number of urea groups is 1. The molecule has 0 saturated carbocycles. The minimum atomic E-state index is -0.401. The van der Waals surface area contributed by atoms with Crippen molar-refractivity contribution >= 4 is 17.6 Å². The van der Waals surface area contributed by atoms with Gasteiger partial charge in [-0.3, -0.25) is 9.69 Å². The summed E-state index contributed by atoms with van der Waals surface area (Å²) in [6, 6.07) is 17.7. The van der Waals surface area contributed by atoms with E-state index in [2.05, 4.69) is 56.1 Å². The molecule has 0 bridgehead atoms. The van der Waals surface area contributed by atoms with Gasteiger partial charge in [-0.2, -0.15) is 0 Å². The largest absolute Gasteiger partial charge is 0.333 e. The third kappa shape index (κ3) is 7.91. The zero-order valence-corrected chi connectivity index (χ0v) is 24.4. The maximum absolute atomic E-state index is 13.4. The van der Waals surface area contributed by atoms with E-state index in [9.17, 15) is 18.4 Å². The fourth-order valence-electron chi connectivity index (χ4n) is 5.16. The van der Waals surface area contributed by atoms with Crippen LogP contribution in [0.5, 0.6) is 0 Å². The fourth-order valence-corrected chi connectivity index (χ4v) is 5.16. The number of nitrogens with zero attached hydrogens (tertiary/aromatic N) is 3. The number of amides is 3. The van der Waals surface area contributed by atoms with Crippen molar-refractivity contribution in [2.24, 2.45) is 0 Å². The van der Waals surface area contributed by atoms with Gasteiger partial charge in [0.05, 0.1) is 0 Å². The summed E-state index contributed by atoms with van der Waals surface area (Å²) in [6.45, 7) is 12.4. The molecule has 218 valence electrons. The summed E-state index contributed by atoms with van der Waals surface area (Å²) in [4.78, 5) is 32.4. The number of rotatable bonds is 9. The van der Waals surface area contributed by atoms with E-state index in [0.717, 1.165) is 22.4 Å². The number of nitrogens with one attached hydrogen (secondary N) is 1. The molecule has 1 N–H and O–H groups in total. The molecule has 1 saturated heterocycles. The zero-order chi connectivity index (χ0) is 29.5. The lowest BCUT2D eigenvalue weighted by Gasteiger charge is -2.36. The Morgan fingerprint density at radius 2 is 1.34 bits per heavy atom. The van der Waals surface area contributed by atoms with Crippen LogP contribution in [0.1, 0.15) is 66.6 Å². The van der Waals surface area contributed by atoms with Crippen molar-refractivity contribution in [2.45, 2.75) is 46.1 Å². The van der Waals surface area contributed by atoms with Gasteiger partial charge in [0.15, 0.2) is 0 Å². The third-order valence-corrected chi connectivity index (χ3v) is 7.62. The first-order valence-electron chi connectivity index (χ1n) is 14.3. The maximum Gasteiger partial charge on any atom is 0.321 e. The van der Waals surface area contributed by atoms with Crippen LogP contribution in [0.25, 0.3) is 0 Å². The summed E-state index contributed by atoms with van der Waals surface area (Å²) < 4.78 is 26.9. The summed E-state index contributed by atoms with van der Waals surface area (Å²) in [5.41, 5.74) is 4.40. The predicted molar refractivity (Wildman–Crippen MR) is 159 cm³/mol. The Morgan fingerprint density at radius 1 is 0.805 bits per heavy atom.